The summed E-state index contributed by atoms with van der Waals surface area (Å²) in [6.45, 7) is 2.42. The highest BCUT2D eigenvalue weighted by atomic mass is 15.3. The van der Waals surface area contributed by atoms with Crippen LogP contribution in [0.15, 0.2) is 64.9 Å². The van der Waals surface area contributed by atoms with Crippen LogP contribution in [0, 0.1) is 0 Å². The molecule has 22 heavy (non-hydrogen) atoms. The zero-order valence-electron chi connectivity index (χ0n) is 12.7. The van der Waals surface area contributed by atoms with Gasteiger partial charge in [0.1, 0.15) is 0 Å². The van der Waals surface area contributed by atoms with Crippen LogP contribution in [0.4, 0.5) is 0 Å². The molecule has 1 N–H and O–H groups in total. The van der Waals surface area contributed by atoms with Crippen LogP contribution in [0.1, 0.15) is 26.3 Å². The second-order valence-electron chi connectivity index (χ2n) is 6.10. The minimum absolute atomic E-state index is 0. The van der Waals surface area contributed by atoms with E-state index >= 15 is 0 Å². The Bertz CT molecular complexity index is 667. The van der Waals surface area contributed by atoms with Crippen LogP contribution in [0.2, 0.25) is 0 Å². The van der Waals surface area contributed by atoms with Gasteiger partial charge in [-0.05, 0) is 30.6 Å². The van der Waals surface area contributed by atoms with Gasteiger partial charge in [-0.25, -0.2) is 0 Å². The predicted octanol–water partition coefficient (Wildman–Crippen LogP) is 3.58. The van der Waals surface area contributed by atoms with Gasteiger partial charge in [0.25, 0.3) is 0 Å². The Morgan fingerprint density at radius 1 is 1.09 bits per heavy atom. The average Bonchev–Trinajstić information content (AvgIpc) is 3.23. The van der Waals surface area contributed by atoms with Crippen molar-refractivity contribution >= 4 is 11.8 Å². The highest BCUT2D eigenvalue weighted by molar-refractivity contribution is 6.12. The molecule has 1 aliphatic carbocycles. The van der Waals surface area contributed by atoms with E-state index in [1.165, 1.54) is 42.8 Å². The van der Waals surface area contributed by atoms with E-state index < -0.39 is 0 Å². The number of likely N-dealkylation sites (tertiary alicyclic amines) is 1. The highest BCUT2D eigenvalue weighted by Gasteiger charge is 2.28. The van der Waals surface area contributed by atoms with Crippen molar-refractivity contribution in [2.45, 2.75) is 25.3 Å². The number of hydrogen-bond donors (Lipinski definition) is 1. The third-order valence-electron chi connectivity index (χ3n) is 4.63. The van der Waals surface area contributed by atoms with Crippen LogP contribution in [-0.2, 0) is 0 Å². The molecule has 1 unspecified atom stereocenters. The first-order chi connectivity index (χ1) is 10.9. The van der Waals surface area contributed by atoms with Gasteiger partial charge in [0, 0.05) is 32.2 Å². The molecule has 3 aliphatic rings. The predicted molar refractivity (Wildman–Crippen MR) is 93.5 cm³/mol. The maximum absolute atomic E-state index is 4.52. The van der Waals surface area contributed by atoms with Gasteiger partial charge in [0.15, 0.2) is 0 Å². The molecule has 0 radical (unpaired) electrons. The molecule has 3 heteroatoms. The molecule has 114 valence electrons. The van der Waals surface area contributed by atoms with Gasteiger partial charge in [0.2, 0.25) is 0 Å². The lowest BCUT2D eigenvalue weighted by atomic mass is 9.93. The lowest BCUT2D eigenvalue weighted by molar-refractivity contribution is 0.393. The van der Waals surface area contributed by atoms with Gasteiger partial charge >= 0.3 is 0 Å². The fourth-order valence-electron chi connectivity index (χ4n) is 3.39. The van der Waals surface area contributed by atoms with Gasteiger partial charge in [-0.3, -0.25) is 0 Å². The third-order valence-corrected chi connectivity index (χ3v) is 4.63. The average molecular weight is 293 g/mol. The maximum atomic E-state index is 4.52. The molecule has 2 heterocycles. The first kappa shape index (κ1) is 13.4. The summed E-state index contributed by atoms with van der Waals surface area (Å²) in [6, 6.07) is 10.7. The van der Waals surface area contributed by atoms with Crippen molar-refractivity contribution in [1.82, 2.24) is 10.3 Å². The summed E-state index contributed by atoms with van der Waals surface area (Å²) >= 11 is 0. The van der Waals surface area contributed by atoms with Crippen LogP contribution < -0.4 is 5.43 Å². The first-order valence-corrected chi connectivity index (χ1v) is 8.12. The summed E-state index contributed by atoms with van der Waals surface area (Å²) < 4.78 is 0. The van der Waals surface area contributed by atoms with Gasteiger partial charge in [-0.15, -0.1) is 0 Å². The quantitative estimate of drug-likeness (QED) is 0.922. The second-order valence-corrected chi connectivity index (χ2v) is 6.10. The Balaban J connectivity index is 0.00000156. The number of fused-ring (bicyclic) bond motifs is 1. The minimum Gasteiger partial charge on any atom is -0.375 e. The molecule has 2 aliphatic heterocycles. The van der Waals surface area contributed by atoms with Gasteiger partial charge in [0.05, 0.1) is 11.8 Å². The van der Waals surface area contributed by atoms with Gasteiger partial charge < -0.3 is 10.3 Å². The number of hydrogen-bond acceptors (Lipinski definition) is 3. The smallest absolute Gasteiger partial charge is 0.0883 e. The van der Waals surface area contributed by atoms with Crippen LogP contribution in [0.5, 0.6) is 0 Å². The Morgan fingerprint density at radius 3 is 2.73 bits per heavy atom. The molecule has 0 bridgehead atoms. The van der Waals surface area contributed by atoms with E-state index in [4.69, 9.17) is 0 Å². The molecule has 1 fully saturated rings. The molecule has 0 aromatic heterocycles. The SMILES string of the molecule is C1=C2C(/C=C/c3ccccc3)=NNC2CC(N2CCCC2)=C1.[HH]. The summed E-state index contributed by atoms with van der Waals surface area (Å²) in [5.41, 5.74) is 8.34. The maximum Gasteiger partial charge on any atom is 0.0883 e. The number of allylic oxidation sites excluding steroid dienone is 3. The standard InChI is InChI=1S/C19H21N3.H2/c1-2-6-15(7-3-1)8-11-18-17-10-9-16(14-19(17)21-20-18)22-12-4-5-13-22;/h1-3,6-11,19,21H,4-5,12-14H2;1H/b11-8+;. The highest BCUT2D eigenvalue weighted by Crippen LogP contribution is 2.28. The van der Waals surface area contributed by atoms with Gasteiger partial charge in [-0.2, -0.15) is 5.10 Å². The summed E-state index contributed by atoms with van der Waals surface area (Å²) in [4.78, 5) is 2.52. The summed E-state index contributed by atoms with van der Waals surface area (Å²) in [7, 11) is 0. The van der Waals surface area contributed by atoms with E-state index in [0.717, 1.165) is 12.1 Å². The molecular formula is C19H23N3. The zero-order valence-corrected chi connectivity index (χ0v) is 12.7. The van der Waals surface area contributed by atoms with Crippen molar-refractivity contribution in [3.05, 3.63) is 65.4 Å². The topological polar surface area (TPSA) is 27.6 Å². The van der Waals surface area contributed by atoms with E-state index in [1.54, 1.807) is 0 Å². The number of benzene rings is 1. The van der Waals surface area contributed by atoms with Crippen LogP contribution in [-0.4, -0.2) is 29.7 Å². The molecule has 3 nitrogen and oxygen atoms in total. The van der Waals surface area contributed by atoms with Gasteiger partial charge in [-0.1, -0.05) is 42.5 Å². The van der Waals surface area contributed by atoms with E-state index in [1.807, 2.05) is 6.07 Å². The van der Waals surface area contributed by atoms with Crippen molar-refractivity contribution in [3.8, 4) is 0 Å². The number of nitrogens with zero attached hydrogens (tertiary/aromatic N) is 2. The van der Waals surface area contributed by atoms with Crippen molar-refractivity contribution in [1.29, 1.82) is 0 Å². The van der Waals surface area contributed by atoms with Crippen LogP contribution in [0.3, 0.4) is 0 Å². The number of rotatable bonds is 3. The van der Waals surface area contributed by atoms with E-state index in [9.17, 15) is 0 Å². The van der Waals surface area contributed by atoms with E-state index in [2.05, 4.69) is 64.0 Å². The molecule has 0 saturated carbocycles. The second kappa shape index (κ2) is 5.84. The Hall–Kier alpha value is -2.29. The fourth-order valence-corrected chi connectivity index (χ4v) is 3.39. The number of nitrogens with one attached hydrogen (secondary N) is 1. The molecule has 0 amide bonds. The lowest BCUT2D eigenvalue weighted by Gasteiger charge is -2.27. The van der Waals surface area contributed by atoms with E-state index in [-0.39, 0.29) is 1.43 Å². The monoisotopic (exact) mass is 293 g/mol. The Kier molecular flexibility index (Phi) is 3.55. The fraction of sp³-hybridized carbons (Fsp3) is 0.316. The molecule has 1 aromatic rings. The van der Waals surface area contributed by atoms with E-state index in [0.29, 0.717) is 6.04 Å². The van der Waals surface area contributed by atoms with Crippen LogP contribution >= 0.6 is 0 Å². The zero-order chi connectivity index (χ0) is 14.8. The molecule has 4 rings (SSSR count). The Morgan fingerprint density at radius 2 is 1.91 bits per heavy atom. The molecule has 1 aromatic carbocycles. The molecule has 0 spiro atoms. The van der Waals surface area contributed by atoms with Crippen molar-refractivity contribution < 1.29 is 1.43 Å². The molecule has 1 atom stereocenters. The first-order valence-electron chi connectivity index (χ1n) is 8.12. The lowest BCUT2D eigenvalue weighted by Crippen LogP contribution is -2.30. The summed E-state index contributed by atoms with van der Waals surface area (Å²) in [5, 5.41) is 4.52. The summed E-state index contributed by atoms with van der Waals surface area (Å²) in [5.74, 6) is 0. The van der Waals surface area contributed by atoms with Crippen molar-refractivity contribution in [3.63, 3.8) is 0 Å². The molecular weight excluding hydrogens is 270 g/mol. The van der Waals surface area contributed by atoms with Crippen molar-refractivity contribution in [2.75, 3.05) is 13.1 Å². The van der Waals surface area contributed by atoms with Crippen molar-refractivity contribution in [2.24, 2.45) is 5.10 Å². The van der Waals surface area contributed by atoms with Crippen LogP contribution in [0.25, 0.3) is 6.08 Å². The third kappa shape index (κ3) is 2.59. The Labute approximate surface area is 133 Å². The normalized spacial score (nSPS) is 23.9. The minimum atomic E-state index is 0. The number of hydrazone groups is 1. The summed E-state index contributed by atoms with van der Waals surface area (Å²) in [6.07, 6.45) is 12.5. The largest absolute Gasteiger partial charge is 0.375 e. The molecule has 1 saturated heterocycles.